The standard InChI is InChI=1S/C18H13Br2N3O3/c1-10-2-7-14(13(20)8-10)21-18(26)17-15(24)9-16(25)23(22-17)12-5-3-11(19)4-6-12/h2-9,24H,1H3,(H,21,26). The third-order valence-electron chi connectivity index (χ3n) is 3.57. The lowest BCUT2D eigenvalue weighted by Gasteiger charge is -2.11. The number of nitrogens with one attached hydrogen (secondary N) is 1. The summed E-state index contributed by atoms with van der Waals surface area (Å²) in [5.41, 5.74) is 1.24. The lowest BCUT2D eigenvalue weighted by atomic mass is 10.2. The highest BCUT2D eigenvalue weighted by Crippen LogP contribution is 2.24. The molecule has 132 valence electrons. The fourth-order valence-electron chi connectivity index (χ4n) is 2.28. The highest BCUT2D eigenvalue weighted by Gasteiger charge is 2.18. The molecule has 1 aromatic heterocycles. The maximum absolute atomic E-state index is 12.5. The summed E-state index contributed by atoms with van der Waals surface area (Å²) < 4.78 is 2.60. The molecule has 0 radical (unpaired) electrons. The van der Waals surface area contributed by atoms with Crippen LogP contribution in [0.2, 0.25) is 0 Å². The Labute approximate surface area is 165 Å². The molecule has 3 rings (SSSR count). The number of halogens is 2. The van der Waals surface area contributed by atoms with Crippen LogP contribution < -0.4 is 10.9 Å². The van der Waals surface area contributed by atoms with Gasteiger partial charge < -0.3 is 10.4 Å². The predicted molar refractivity (Wildman–Crippen MR) is 106 cm³/mol. The van der Waals surface area contributed by atoms with Crippen LogP contribution in [0.3, 0.4) is 0 Å². The van der Waals surface area contributed by atoms with Crippen molar-refractivity contribution < 1.29 is 9.90 Å². The summed E-state index contributed by atoms with van der Waals surface area (Å²) >= 11 is 6.70. The molecule has 1 amide bonds. The van der Waals surface area contributed by atoms with E-state index in [9.17, 15) is 14.7 Å². The fourth-order valence-corrected chi connectivity index (χ4v) is 3.14. The summed E-state index contributed by atoms with van der Waals surface area (Å²) in [6, 6.07) is 13.2. The Morgan fingerprint density at radius 1 is 1.12 bits per heavy atom. The molecular weight excluding hydrogens is 466 g/mol. The van der Waals surface area contributed by atoms with Gasteiger partial charge >= 0.3 is 0 Å². The van der Waals surface area contributed by atoms with Gasteiger partial charge in [0.2, 0.25) is 0 Å². The largest absolute Gasteiger partial charge is 0.505 e. The molecule has 0 aliphatic carbocycles. The normalized spacial score (nSPS) is 10.6. The zero-order valence-corrected chi connectivity index (χ0v) is 16.7. The fraction of sp³-hybridized carbons (Fsp3) is 0.0556. The molecule has 0 atom stereocenters. The van der Waals surface area contributed by atoms with Gasteiger partial charge in [-0.2, -0.15) is 9.78 Å². The van der Waals surface area contributed by atoms with Crippen LogP contribution in [0, 0.1) is 6.92 Å². The monoisotopic (exact) mass is 477 g/mol. The highest BCUT2D eigenvalue weighted by atomic mass is 79.9. The van der Waals surface area contributed by atoms with Crippen LogP contribution in [-0.4, -0.2) is 20.8 Å². The molecule has 2 N–H and O–H groups in total. The number of aromatic nitrogens is 2. The lowest BCUT2D eigenvalue weighted by molar-refractivity contribution is 0.101. The zero-order valence-electron chi connectivity index (χ0n) is 13.5. The number of anilines is 1. The molecule has 0 unspecified atom stereocenters. The summed E-state index contributed by atoms with van der Waals surface area (Å²) in [6.45, 7) is 1.93. The molecule has 8 heteroatoms. The molecule has 1 heterocycles. The highest BCUT2D eigenvalue weighted by molar-refractivity contribution is 9.10. The number of carbonyl (C=O) groups excluding carboxylic acids is 1. The Hall–Kier alpha value is -2.45. The first-order valence-corrected chi connectivity index (χ1v) is 9.10. The Morgan fingerprint density at radius 3 is 2.46 bits per heavy atom. The number of amides is 1. The van der Waals surface area contributed by atoms with E-state index in [1.54, 1.807) is 30.3 Å². The van der Waals surface area contributed by atoms with Crippen LogP contribution in [0.4, 0.5) is 5.69 Å². The minimum atomic E-state index is -0.627. The summed E-state index contributed by atoms with van der Waals surface area (Å²) in [4.78, 5) is 24.7. The smallest absolute Gasteiger partial charge is 0.280 e. The Morgan fingerprint density at radius 2 is 1.81 bits per heavy atom. The molecule has 0 bridgehead atoms. The van der Waals surface area contributed by atoms with Crippen molar-refractivity contribution in [3.05, 3.63) is 79.1 Å². The van der Waals surface area contributed by atoms with Gasteiger partial charge in [0.25, 0.3) is 11.5 Å². The van der Waals surface area contributed by atoms with Gasteiger partial charge in [0, 0.05) is 15.0 Å². The van der Waals surface area contributed by atoms with Crippen LogP contribution in [0.1, 0.15) is 16.1 Å². The van der Waals surface area contributed by atoms with Crippen LogP contribution in [0.5, 0.6) is 5.75 Å². The minimum Gasteiger partial charge on any atom is -0.505 e. The molecule has 0 aliphatic heterocycles. The number of rotatable bonds is 3. The van der Waals surface area contributed by atoms with Gasteiger partial charge in [-0.3, -0.25) is 9.59 Å². The first kappa shape index (κ1) is 18.3. The lowest BCUT2D eigenvalue weighted by Crippen LogP contribution is -2.25. The zero-order chi connectivity index (χ0) is 18.8. The minimum absolute atomic E-state index is 0.250. The third-order valence-corrected chi connectivity index (χ3v) is 4.76. The quantitative estimate of drug-likeness (QED) is 0.595. The molecule has 0 spiro atoms. The van der Waals surface area contributed by atoms with E-state index in [4.69, 9.17) is 0 Å². The Balaban J connectivity index is 1.99. The van der Waals surface area contributed by atoms with Crippen molar-refractivity contribution in [1.29, 1.82) is 0 Å². The molecule has 0 fully saturated rings. The summed E-state index contributed by atoms with van der Waals surface area (Å²) in [6.07, 6.45) is 0. The number of benzene rings is 2. The average Bonchev–Trinajstić information content (AvgIpc) is 2.58. The molecule has 2 aromatic carbocycles. The Bertz CT molecular complexity index is 1050. The molecule has 0 aliphatic rings. The van der Waals surface area contributed by atoms with Crippen molar-refractivity contribution in [2.45, 2.75) is 6.92 Å². The first-order chi connectivity index (χ1) is 12.3. The van der Waals surface area contributed by atoms with Gasteiger partial charge in [0.05, 0.1) is 11.4 Å². The SMILES string of the molecule is Cc1ccc(NC(=O)c2nn(-c3ccc(Br)cc3)c(=O)cc2O)c(Br)c1. The van der Waals surface area contributed by atoms with Gasteiger partial charge in [-0.1, -0.05) is 22.0 Å². The maximum Gasteiger partial charge on any atom is 0.280 e. The number of aryl methyl sites for hydroxylation is 1. The van der Waals surface area contributed by atoms with Crippen LogP contribution in [-0.2, 0) is 0 Å². The van der Waals surface area contributed by atoms with Crippen LogP contribution in [0.25, 0.3) is 5.69 Å². The number of hydrogen-bond donors (Lipinski definition) is 2. The van der Waals surface area contributed by atoms with E-state index in [1.807, 2.05) is 19.1 Å². The van der Waals surface area contributed by atoms with Gasteiger partial charge in [-0.15, -0.1) is 0 Å². The number of hydrogen-bond acceptors (Lipinski definition) is 4. The van der Waals surface area contributed by atoms with Crippen molar-refractivity contribution in [3.8, 4) is 11.4 Å². The summed E-state index contributed by atoms with van der Waals surface area (Å²) in [7, 11) is 0. The molecule has 6 nitrogen and oxygen atoms in total. The molecule has 0 saturated carbocycles. The summed E-state index contributed by atoms with van der Waals surface area (Å²) in [5, 5.41) is 16.7. The van der Waals surface area contributed by atoms with Gasteiger partial charge in [-0.05, 0) is 64.8 Å². The van der Waals surface area contributed by atoms with Crippen molar-refractivity contribution >= 4 is 43.5 Å². The second-order valence-electron chi connectivity index (χ2n) is 5.54. The number of nitrogens with zero attached hydrogens (tertiary/aromatic N) is 2. The van der Waals surface area contributed by atoms with E-state index in [1.165, 1.54) is 0 Å². The Kier molecular flexibility index (Phi) is 5.24. The van der Waals surface area contributed by atoms with E-state index in [0.29, 0.717) is 15.8 Å². The maximum atomic E-state index is 12.5. The van der Waals surface area contributed by atoms with Crippen molar-refractivity contribution in [2.24, 2.45) is 0 Å². The van der Waals surface area contributed by atoms with E-state index in [-0.39, 0.29) is 5.69 Å². The average molecular weight is 479 g/mol. The van der Waals surface area contributed by atoms with Crippen molar-refractivity contribution in [1.82, 2.24) is 9.78 Å². The van der Waals surface area contributed by atoms with E-state index in [2.05, 4.69) is 42.3 Å². The second-order valence-corrected chi connectivity index (χ2v) is 7.31. The summed E-state index contributed by atoms with van der Waals surface area (Å²) in [5.74, 6) is -1.11. The second kappa shape index (κ2) is 7.43. The molecule has 3 aromatic rings. The van der Waals surface area contributed by atoms with Gasteiger partial charge in [0.1, 0.15) is 0 Å². The van der Waals surface area contributed by atoms with Crippen LogP contribution >= 0.6 is 31.9 Å². The topological polar surface area (TPSA) is 84.2 Å². The van der Waals surface area contributed by atoms with Gasteiger partial charge in [0.15, 0.2) is 11.4 Å². The molecule has 26 heavy (non-hydrogen) atoms. The predicted octanol–water partition coefficient (Wildman–Crippen LogP) is 4.02. The van der Waals surface area contributed by atoms with Gasteiger partial charge in [-0.25, -0.2) is 0 Å². The number of carbonyl (C=O) groups is 1. The van der Waals surface area contributed by atoms with E-state index < -0.39 is 17.2 Å². The third kappa shape index (κ3) is 3.86. The van der Waals surface area contributed by atoms with E-state index in [0.717, 1.165) is 20.8 Å². The van der Waals surface area contributed by atoms with Crippen molar-refractivity contribution in [2.75, 3.05) is 5.32 Å². The van der Waals surface area contributed by atoms with E-state index >= 15 is 0 Å². The number of aromatic hydroxyl groups is 1. The first-order valence-electron chi connectivity index (χ1n) is 7.52. The molecular formula is C18H13Br2N3O3. The molecule has 0 saturated heterocycles. The van der Waals surface area contributed by atoms with Crippen LogP contribution in [0.15, 0.2) is 62.3 Å². The van der Waals surface area contributed by atoms with Crippen molar-refractivity contribution in [3.63, 3.8) is 0 Å².